The molecule has 4 heteroatoms. The second-order valence-electron chi connectivity index (χ2n) is 3.60. The number of nitrogens with zero attached hydrogens (tertiary/aromatic N) is 1. The van der Waals surface area contributed by atoms with Crippen LogP contribution in [-0.4, -0.2) is 50.1 Å². The van der Waals surface area contributed by atoms with Crippen molar-refractivity contribution in [3.05, 3.63) is 0 Å². The van der Waals surface area contributed by atoms with Crippen LogP contribution in [0.4, 0.5) is 0 Å². The average molecular weight is 185 g/mol. The van der Waals surface area contributed by atoms with E-state index in [0.29, 0.717) is 12.6 Å². The van der Waals surface area contributed by atoms with E-state index in [4.69, 9.17) is 0 Å². The van der Waals surface area contributed by atoms with Gasteiger partial charge >= 0.3 is 0 Å². The van der Waals surface area contributed by atoms with Crippen molar-refractivity contribution in [1.82, 2.24) is 15.5 Å². The number of rotatable bonds is 4. The third kappa shape index (κ3) is 3.74. The molecule has 0 radical (unpaired) electrons. The lowest BCUT2D eigenvalue weighted by Crippen LogP contribution is -2.41. The minimum absolute atomic E-state index is 0.113. The quantitative estimate of drug-likeness (QED) is 0.615. The predicted molar refractivity (Wildman–Crippen MR) is 52.6 cm³/mol. The van der Waals surface area contributed by atoms with Crippen LogP contribution in [0, 0.1) is 0 Å². The Bertz CT molecular complexity index is 172. The number of nitrogens with one attached hydrogen (secondary N) is 2. The third-order valence-corrected chi connectivity index (χ3v) is 2.29. The molecule has 2 N–H and O–H groups in total. The zero-order valence-corrected chi connectivity index (χ0v) is 8.47. The summed E-state index contributed by atoms with van der Waals surface area (Å²) in [6.07, 6.45) is 1.08. The van der Waals surface area contributed by atoms with Crippen LogP contribution in [0.1, 0.15) is 13.3 Å². The zero-order valence-electron chi connectivity index (χ0n) is 8.47. The minimum atomic E-state index is 0.113. The van der Waals surface area contributed by atoms with Gasteiger partial charge in [0.1, 0.15) is 0 Å². The number of hydrogen-bond acceptors (Lipinski definition) is 3. The molecule has 1 heterocycles. The van der Waals surface area contributed by atoms with E-state index in [2.05, 4.69) is 22.6 Å². The first kappa shape index (κ1) is 10.5. The maximum absolute atomic E-state index is 11.3. The highest BCUT2D eigenvalue weighted by molar-refractivity contribution is 5.78. The van der Waals surface area contributed by atoms with Crippen molar-refractivity contribution in [2.75, 3.05) is 33.2 Å². The summed E-state index contributed by atoms with van der Waals surface area (Å²) < 4.78 is 0. The van der Waals surface area contributed by atoms with Gasteiger partial charge in [-0.3, -0.25) is 4.79 Å². The Balaban J connectivity index is 2.13. The van der Waals surface area contributed by atoms with Gasteiger partial charge in [0, 0.05) is 12.6 Å². The Kier molecular flexibility index (Phi) is 4.18. The summed E-state index contributed by atoms with van der Waals surface area (Å²) in [5.74, 6) is 0.113. The molecule has 1 saturated heterocycles. The monoisotopic (exact) mass is 185 g/mol. The number of likely N-dealkylation sites (tertiary alicyclic amines) is 1. The van der Waals surface area contributed by atoms with E-state index < -0.39 is 0 Å². The largest absolute Gasteiger partial charge is 0.351 e. The van der Waals surface area contributed by atoms with Crippen molar-refractivity contribution in [1.29, 1.82) is 0 Å². The number of carbonyl (C=O) groups is 1. The number of likely N-dealkylation sites (N-methyl/N-ethyl adjacent to an activating group) is 2. The Morgan fingerprint density at radius 3 is 2.92 bits per heavy atom. The second kappa shape index (κ2) is 5.19. The fraction of sp³-hybridized carbons (Fsp3) is 0.889. The van der Waals surface area contributed by atoms with Crippen LogP contribution in [0.3, 0.4) is 0 Å². The van der Waals surface area contributed by atoms with Crippen LogP contribution < -0.4 is 10.6 Å². The summed E-state index contributed by atoms with van der Waals surface area (Å²) in [5.41, 5.74) is 0. The maximum atomic E-state index is 11.3. The van der Waals surface area contributed by atoms with E-state index in [-0.39, 0.29) is 5.91 Å². The first-order valence-corrected chi connectivity index (χ1v) is 4.91. The average Bonchev–Trinajstić information content (AvgIpc) is 2.48. The van der Waals surface area contributed by atoms with Crippen LogP contribution in [0.5, 0.6) is 0 Å². The first-order chi connectivity index (χ1) is 6.22. The topological polar surface area (TPSA) is 44.4 Å². The molecular formula is C9H19N3O. The van der Waals surface area contributed by atoms with E-state index >= 15 is 0 Å². The van der Waals surface area contributed by atoms with Gasteiger partial charge < -0.3 is 15.5 Å². The molecule has 0 aliphatic carbocycles. The summed E-state index contributed by atoms with van der Waals surface area (Å²) >= 11 is 0. The van der Waals surface area contributed by atoms with E-state index in [1.807, 2.05) is 6.92 Å². The van der Waals surface area contributed by atoms with E-state index in [0.717, 1.165) is 26.1 Å². The molecule has 0 aromatic heterocycles. The van der Waals surface area contributed by atoms with Gasteiger partial charge in [0.05, 0.1) is 6.54 Å². The molecular weight excluding hydrogens is 166 g/mol. The lowest BCUT2D eigenvalue weighted by atomic mass is 10.2. The minimum Gasteiger partial charge on any atom is -0.351 e. The molecule has 0 bridgehead atoms. The Labute approximate surface area is 79.7 Å². The van der Waals surface area contributed by atoms with Crippen molar-refractivity contribution < 1.29 is 4.79 Å². The van der Waals surface area contributed by atoms with Crippen molar-refractivity contribution in [2.45, 2.75) is 19.4 Å². The molecule has 0 spiro atoms. The Morgan fingerprint density at radius 2 is 2.38 bits per heavy atom. The molecule has 13 heavy (non-hydrogen) atoms. The number of hydrogen-bond donors (Lipinski definition) is 2. The van der Waals surface area contributed by atoms with Crippen LogP contribution in [-0.2, 0) is 4.79 Å². The molecule has 1 amide bonds. The van der Waals surface area contributed by atoms with Crippen LogP contribution in [0.25, 0.3) is 0 Å². The van der Waals surface area contributed by atoms with E-state index in [1.165, 1.54) is 0 Å². The van der Waals surface area contributed by atoms with Crippen LogP contribution in [0.2, 0.25) is 0 Å². The lowest BCUT2D eigenvalue weighted by Gasteiger charge is -2.12. The van der Waals surface area contributed by atoms with Gasteiger partial charge in [0.2, 0.25) is 5.91 Å². The zero-order chi connectivity index (χ0) is 9.68. The molecule has 76 valence electrons. The number of amides is 1. The molecule has 1 atom stereocenters. The fourth-order valence-corrected chi connectivity index (χ4v) is 1.57. The summed E-state index contributed by atoms with van der Waals surface area (Å²) in [6.45, 7) is 5.36. The molecule has 4 nitrogen and oxygen atoms in total. The van der Waals surface area contributed by atoms with Crippen molar-refractivity contribution in [2.24, 2.45) is 0 Å². The third-order valence-electron chi connectivity index (χ3n) is 2.29. The van der Waals surface area contributed by atoms with Gasteiger partial charge in [0.25, 0.3) is 0 Å². The van der Waals surface area contributed by atoms with Gasteiger partial charge in [-0.1, -0.05) is 6.92 Å². The van der Waals surface area contributed by atoms with Gasteiger partial charge in [-0.05, 0) is 26.6 Å². The highest BCUT2D eigenvalue weighted by atomic mass is 16.2. The smallest absolute Gasteiger partial charge is 0.234 e. The summed E-state index contributed by atoms with van der Waals surface area (Å²) in [5, 5.41) is 6.01. The van der Waals surface area contributed by atoms with Crippen molar-refractivity contribution in [3.8, 4) is 0 Å². The molecule has 1 aliphatic heterocycles. The Morgan fingerprint density at radius 1 is 1.62 bits per heavy atom. The SMILES string of the molecule is CCNCC(=O)NC1CCN(C)C1. The standard InChI is InChI=1S/C9H19N3O/c1-3-10-6-9(13)11-8-4-5-12(2)7-8/h8,10H,3-7H2,1-2H3,(H,11,13). The summed E-state index contributed by atoms with van der Waals surface area (Å²) in [7, 11) is 2.08. The molecule has 0 aromatic carbocycles. The first-order valence-electron chi connectivity index (χ1n) is 4.91. The van der Waals surface area contributed by atoms with Gasteiger partial charge in [-0.25, -0.2) is 0 Å². The van der Waals surface area contributed by atoms with E-state index in [1.54, 1.807) is 0 Å². The fourth-order valence-electron chi connectivity index (χ4n) is 1.57. The van der Waals surface area contributed by atoms with E-state index in [9.17, 15) is 4.79 Å². The molecule has 1 rings (SSSR count). The lowest BCUT2D eigenvalue weighted by molar-refractivity contribution is -0.120. The Hall–Kier alpha value is -0.610. The van der Waals surface area contributed by atoms with Crippen LogP contribution >= 0.6 is 0 Å². The maximum Gasteiger partial charge on any atom is 0.234 e. The van der Waals surface area contributed by atoms with Gasteiger partial charge in [-0.2, -0.15) is 0 Å². The summed E-state index contributed by atoms with van der Waals surface area (Å²) in [6, 6.07) is 0.358. The van der Waals surface area contributed by atoms with Crippen LogP contribution in [0.15, 0.2) is 0 Å². The number of carbonyl (C=O) groups excluding carboxylic acids is 1. The highest BCUT2D eigenvalue weighted by Gasteiger charge is 2.20. The molecule has 1 fully saturated rings. The molecule has 1 unspecified atom stereocenters. The van der Waals surface area contributed by atoms with Crippen molar-refractivity contribution in [3.63, 3.8) is 0 Å². The molecule has 0 saturated carbocycles. The predicted octanol–water partition coefficient (Wildman–Crippen LogP) is -0.584. The van der Waals surface area contributed by atoms with Gasteiger partial charge in [-0.15, -0.1) is 0 Å². The molecule has 1 aliphatic rings. The normalized spacial score (nSPS) is 23.4. The molecule has 0 aromatic rings. The van der Waals surface area contributed by atoms with Gasteiger partial charge in [0.15, 0.2) is 0 Å². The highest BCUT2D eigenvalue weighted by Crippen LogP contribution is 2.05. The summed E-state index contributed by atoms with van der Waals surface area (Å²) in [4.78, 5) is 13.5. The van der Waals surface area contributed by atoms with Crippen molar-refractivity contribution >= 4 is 5.91 Å². The second-order valence-corrected chi connectivity index (χ2v) is 3.60.